The molecule has 0 bridgehead atoms. The normalized spacial score (nSPS) is 22.8. The second kappa shape index (κ2) is 7.28. The molecule has 29 heavy (non-hydrogen) atoms. The average molecular weight is 396 g/mol. The van der Waals surface area contributed by atoms with E-state index in [0.717, 1.165) is 25.0 Å². The highest BCUT2D eigenvalue weighted by Crippen LogP contribution is 2.54. The molecule has 1 saturated heterocycles. The monoisotopic (exact) mass is 396 g/mol. The van der Waals surface area contributed by atoms with Gasteiger partial charge in [0.1, 0.15) is 0 Å². The van der Waals surface area contributed by atoms with E-state index < -0.39 is 0 Å². The van der Waals surface area contributed by atoms with E-state index in [1.807, 2.05) is 25.7 Å². The van der Waals surface area contributed by atoms with Crippen LogP contribution in [-0.2, 0) is 9.59 Å². The van der Waals surface area contributed by atoms with E-state index in [9.17, 15) is 14.4 Å². The summed E-state index contributed by atoms with van der Waals surface area (Å²) in [4.78, 5) is 38.7. The molecule has 1 unspecified atom stereocenters. The number of rotatable bonds is 4. The van der Waals surface area contributed by atoms with Crippen LogP contribution in [0.25, 0.3) is 0 Å². The van der Waals surface area contributed by atoms with E-state index in [4.69, 9.17) is 0 Å². The molecule has 4 rings (SSSR count). The Morgan fingerprint density at radius 2 is 1.83 bits per heavy atom. The van der Waals surface area contributed by atoms with Crippen molar-refractivity contribution in [3.63, 3.8) is 0 Å². The van der Waals surface area contributed by atoms with Gasteiger partial charge in [-0.15, -0.1) is 0 Å². The van der Waals surface area contributed by atoms with Crippen LogP contribution in [0.5, 0.6) is 0 Å². The van der Waals surface area contributed by atoms with Gasteiger partial charge in [-0.1, -0.05) is 13.8 Å². The molecule has 2 fully saturated rings. The molecule has 7 nitrogen and oxygen atoms in total. The first-order valence-electron chi connectivity index (χ1n) is 10.4. The van der Waals surface area contributed by atoms with Gasteiger partial charge < -0.3 is 10.2 Å². The highest BCUT2D eigenvalue weighted by atomic mass is 16.2. The van der Waals surface area contributed by atoms with E-state index in [1.165, 1.54) is 5.01 Å². The first kappa shape index (κ1) is 19.6. The van der Waals surface area contributed by atoms with Crippen molar-refractivity contribution in [1.29, 1.82) is 0 Å². The quantitative estimate of drug-likeness (QED) is 0.849. The van der Waals surface area contributed by atoms with E-state index in [0.29, 0.717) is 30.8 Å². The van der Waals surface area contributed by atoms with E-state index in [2.05, 4.69) is 10.4 Å². The number of amides is 3. The summed E-state index contributed by atoms with van der Waals surface area (Å²) in [6, 6.07) is 7.34. The fraction of sp³-hybridized carbons (Fsp3) is 0.545. The number of hydrogen-bond donors (Lipinski definition) is 1. The molecule has 154 valence electrons. The Hall–Kier alpha value is -2.70. The number of likely N-dealkylation sites (tertiary alicyclic amines) is 1. The molecule has 3 amide bonds. The number of hydrogen-bond acceptors (Lipinski definition) is 4. The average Bonchev–Trinajstić information content (AvgIpc) is 3.23. The lowest BCUT2D eigenvalue weighted by atomic mass is 9.92. The first-order chi connectivity index (χ1) is 13.8. The van der Waals surface area contributed by atoms with Crippen molar-refractivity contribution < 1.29 is 14.4 Å². The van der Waals surface area contributed by atoms with Gasteiger partial charge in [0.25, 0.3) is 11.8 Å². The number of carbonyl (C=O) groups excluding carboxylic acids is 3. The smallest absolute Gasteiger partial charge is 0.253 e. The van der Waals surface area contributed by atoms with Gasteiger partial charge in [-0.3, -0.25) is 14.4 Å². The molecule has 1 atom stereocenters. The molecule has 7 heteroatoms. The van der Waals surface area contributed by atoms with Crippen molar-refractivity contribution in [1.82, 2.24) is 10.2 Å². The second-order valence-electron chi connectivity index (χ2n) is 8.84. The Balaban J connectivity index is 1.33. The third-order valence-electron chi connectivity index (χ3n) is 6.35. The Morgan fingerprint density at radius 3 is 2.38 bits per heavy atom. The third kappa shape index (κ3) is 3.78. The zero-order valence-electron chi connectivity index (χ0n) is 17.3. The summed E-state index contributed by atoms with van der Waals surface area (Å²) in [7, 11) is 0. The molecule has 1 N–H and O–H groups in total. The summed E-state index contributed by atoms with van der Waals surface area (Å²) in [5, 5.41) is 8.78. The predicted molar refractivity (Wildman–Crippen MR) is 111 cm³/mol. The molecule has 2 aliphatic heterocycles. The van der Waals surface area contributed by atoms with Gasteiger partial charge >= 0.3 is 0 Å². The van der Waals surface area contributed by atoms with Gasteiger partial charge in [0.15, 0.2) is 0 Å². The summed E-state index contributed by atoms with van der Waals surface area (Å²) >= 11 is 0. The van der Waals surface area contributed by atoms with Gasteiger partial charge in [-0.2, -0.15) is 5.10 Å². The Bertz CT molecular complexity index is 867. The maximum Gasteiger partial charge on any atom is 0.253 e. The van der Waals surface area contributed by atoms with Gasteiger partial charge in [0, 0.05) is 36.3 Å². The highest BCUT2D eigenvalue weighted by molar-refractivity contribution is 6.12. The molecule has 1 aliphatic carbocycles. The van der Waals surface area contributed by atoms with Crippen molar-refractivity contribution in [3.05, 3.63) is 29.8 Å². The minimum Gasteiger partial charge on any atom is -0.353 e. The minimum absolute atomic E-state index is 0.00254. The maximum absolute atomic E-state index is 12.9. The molecular formula is C22H28N4O3. The Kier molecular flexibility index (Phi) is 4.92. The SMILES string of the molecule is CC1=NN(c2ccc(C(=O)N3CCC4(CC3)CC4NC(=O)C(C)C)cc2)C(=O)C1. The van der Waals surface area contributed by atoms with Crippen LogP contribution in [0.3, 0.4) is 0 Å². The van der Waals surface area contributed by atoms with E-state index in [1.54, 1.807) is 24.3 Å². The number of nitrogens with zero attached hydrogens (tertiary/aromatic N) is 3. The van der Waals surface area contributed by atoms with Crippen molar-refractivity contribution >= 4 is 29.1 Å². The number of benzene rings is 1. The van der Waals surface area contributed by atoms with Crippen LogP contribution < -0.4 is 10.3 Å². The Labute approximate surface area is 171 Å². The number of piperidine rings is 1. The topological polar surface area (TPSA) is 82.1 Å². The number of anilines is 1. The summed E-state index contributed by atoms with van der Waals surface area (Å²) < 4.78 is 0. The lowest BCUT2D eigenvalue weighted by molar-refractivity contribution is -0.124. The standard InChI is InChI=1S/C22H28N4O3/c1-14(2)20(28)23-18-13-22(18)8-10-25(11-9-22)21(29)16-4-6-17(7-5-16)26-19(27)12-15(3)24-26/h4-7,14,18H,8-13H2,1-3H3,(H,23,28). The predicted octanol–water partition coefficient (Wildman–Crippen LogP) is 2.57. The molecule has 0 radical (unpaired) electrons. The van der Waals surface area contributed by atoms with Crippen LogP contribution in [0, 0.1) is 11.3 Å². The molecular weight excluding hydrogens is 368 g/mol. The number of carbonyl (C=O) groups is 3. The minimum atomic E-state index is -0.0496. The van der Waals surface area contributed by atoms with Crippen molar-refractivity contribution in [3.8, 4) is 0 Å². The fourth-order valence-electron chi connectivity index (χ4n) is 4.28. The first-order valence-corrected chi connectivity index (χ1v) is 10.4. The highest BCUT2D eigenvalue weighted by Gasteiger charge is 2.56. The van der Waals surface area contributed by atoms with Gasteiger partial charge in [0.2, 0.25) is 5.91 Å². The Morgan fingerprint density at radius 1 is 1.17 bits per heavy atom. The lowest BCUT2D eigenvalue weighted by Crippen LogP contribution is -2.42. The van der Waals surface area contributed by atoms with Gasteiger partial charge in [0.05, 0.1) is 12.1 Å². The van der Waals surface area contributed by atoms with Crippen LogP contribution in [-0.4, -0.2) is 47.5 Å². The summed E-state index contributed by atoms with van der Waals surface area (Å²) in [6.45, 7) is 7.07. The number of hydrazone groups is 1. The summed E-state index contributed by atoms with van der Waals surface area (Å²) in [5.41, 5.74) is 2.28. The molecule has 1 aromatic rings. The number of nitrogens with one attached hydrogen (secondary N) is 1. The largest absolute Gasteiger partial charge is 0.353 e. The maximum atomic E-state index is 12.9. The molecule has 1 aromatic carbocycles. The van der Waals surface area contributed by atoms with Crippen LogP contribution in [0.2, 0.25) is 0 Å². The van der Waals surface area contributed by atoms with Crippen molar-refractivity contribution in [2.24, 2.45) is 16.4 Å². The summed E-state index contributed by atoms with van der Waals surface area (Å²) in [6.07, 6.45) is 3.22. The zero-order chi connectivity index (χ0) is 20.8. The molecule has 0 aromatic heterocycles. The molecule has 2 heterocycles. The van der Waals surface area contributed by atoms with Crippen LogP contribution in [0.4, 0.5) is 5.69 Å². The molecule has 3 aliphatic rings. The fourth-order valence-corrected chi connectivity index (χ4v) is 4.28. The third-order valence-corrected chi connectivity index (χ3v) is 6.35. The summed E-state index contributed by atoms with van der Waals surface area (Å²) in [5.74, 6) is 0.0814. The van der Waals surface area contributed by atoms with Crippen molar-refractivity contribution in [2.45, 2.75) is 52.5 Å². The van der Waals surface area contributed by atoms with E-state index in [-0.39, 0.29) is 35.1 Å². The lowest BCUT2D eigenvalue weighted by Gasteiger charge is -2.33. The van der Waals surface area contributed by atoms with E-state index >= 15 is 0 Å². The van der Waals surface area contributed by atoms with Crippen LogP contribution >= 0.6 is 0 Å². The van der Waals surface area contributed by atoms with Gasteiger partial charge in [-0.25, -0.2) is 5.01 Å². The van der Waals surface area contributed by atoms with Crippen molar-refractivity contribution in [2.75, 3.05) is 18.1 Å². The zero-order valence-corrected chi connectivity index (χ0v) is 17.3. The van der Waals surface area contributed by atoms with Crippen LogP contribution in [0.1, 0.15) is 56.8 Å². The molecule has 1 spiro atoms. The second-order valence-corrected chi connectivity index (χ2v) is 8.84. The van der Waals surface area contributed by atoms with Crippen LogP contribution in [0.15, 0.2) is 29.4 Å². The molecule has 1 saturated carbocycles. The van der Waals surface area contributed by atoms with Gasteiger partial charge in [-0.05, 0) is 55.9 Å².